The van der Waals surface area contributed by atoms with Gasteiger partial charge in [0, 0.05) is 24.5 Å². The zero-order chi connectivity index (χ0) is 17.2. The molecule has 0 aliphatic carbocycles. The van der Waals surface area contributed by atoms with Crippen LogP contribution in [0.25, 0.3) is 11.1 Å². The number of anilines is 2. The number of hydrogen-bond donors (Lipinski definition) is 2. The quantitative estimate of drug-likeness (QED) is 0.769. The molecule has 3 N–H and O–H groups in total. The van der Waals surface area contributed by atoms with Crippen LogP contribution < -0.4 is 15.8 Å². The minimum absolute atomic E-state index is 0.106. The molecular weight excluding hydrogens is 316 g/mol. The zero-order valence-electron chi connectivity index (χ0n) is 13.4. The summed E-state index contributed by atoms with van der Waals surface area (Å²) in [6.45, 7) is 0.731. The van der Waals surface area contributed by atoms with Crippen LogP contribution in [0, 0.1) is 0 Å². The Bertz CT molecular complexity index is 956. The first-order valence-corrected chi connectivity index (χ1v) is 7.95. The van der Waals surface area contributed by atoms with Crippen molar-refractivity contribution in [2.24, 2.45) is 0 Å². The van der Waals surface area contributed by atoms with Crippen LogP contribution in [-0.4, -0.2) is 22.5 Å². The van der Waals surface area contributed by atoms with Gasteiger partial charge in [-0.3, -0.25) is 4.79 Å². The molecule has 6 heteroatoms. The number of fused-ring (bicyclic) bond motifs is 1. The highest BCUT2D eigenvalue weighted by Crippen LogP contribution is 2.31. The van der Waals surface area contributed by atoms with Crippen molar-refractivity contribution in [2.75, 3.05) is 17.7 Å². The number of nitrogen functional groups attached to an aromatic ring is 1. The summed E-state index contributed by atoms with van der Waals surface area (Å²) < 4.78 is 5.54. The lowest BCUT2D eigenvalue weighted by Gasteiger charge is -2.09. The summed E-state index contributed by atoms with van der Waals surface area (Å²) in [6, 6.07) is 13.8. The van der Waals surface area contributed by atoms with Crippen LogP contribution in [0.3, 0.4) is 0 Å². The molecule has 3 aromatic rings. The van der Waals surface area contributed by atoms with Crippen LogP contribution in [0.5, 0.6) is 5.75 Å². The SMILES string of the molecule is Nc1nccnc1C(=O)Nc1cccc(-c2ccc3c(c2)CCO3)c1. The molecule has 0 atom stereocenters. The van der Waals surface area contributed by atoms with Gasteiger partial charge in [0.25, 0.3) is 5.91 Å². The maximum absolute atomic E-state index is 12.3. The van der Waals surface area contributed by atoms with Crippen molar-refractivity contribution >= 4 is 17.4 Å². The van der Waals surface area contributed by atoms with Gasteiger partial charge in [0.1, 0.15) is 5.75 Å². The number of amides is 1. The summed E-state index contributed by atoms with van der Waals surface area (Å²) in [5, 5.41) is 2.82. The minimum Gasteiger partial charge on any atom is -0.493 e. The summed E-state index contributed by atoms with van der Waals surface area (Å²) in [7, 11) is 0. The minimum atomic E-state index is -0.384. The molecule has 2 heterocycles. The van der Waals surface area contributed by atoms with E-state index < -0.39 is 0 Å². The second kappa shape index (κ2) is 6.24. The lowest BCUT2D eigenvalue weighted by molar-refractivity contribution is 0.102. The number of nitrogens with one attached hydrogen (secondary N) is 1. The molecule has 1 aliphatic heterocycles. The van der Waals surface area contributed by atoms with Crippen molar-refractivity contribution < 1.29 is 9.53 Å². The van der Waals surface area contributed by atoms with Gasteiger partial charge in [-0.1, -0.05) is 18.2 Å². The van der Waals surface area contributed by atoms with E-state index >= 15 is 0 Å². The Balaban J connectivity index is 1.60. The van der Waals surface area contributed by atoms with E-state index in [0.29, 0.717) is 5.69 Å². The van der Waals surface area contributed by atoms with E-state index in [9.17, 15) is 4.79 Å². The highest BCUT2D eigenvalue weighted by molar-refractivity contribution is 6.05. The summed E-state index contributed by atoms with van der Waals surface area (Å²) >= 11 is 0. The van der Waals surface area contributed by atoms with E-state index in [1.807, 2.05) is 36.4 Å². The van der Waals surface area contributed by atoms with E-state index in [4.69, 9.17) is 10.5 Å². The number of hydrogen-bond acceptors (Lipinski definition) is 5. The second-order valence-corrected chi connectivity index (χ2v) is 5.75. The molecule has 6 nitrogen and oxygen atoms in total. The Morgan fingerprint density at radius 2 is 1.92 bits per heavy atom. The third-order valence-electron chi connectivity index (χ3n) is 4.08. The normalized spacial score (nSPS) is 12.3. The summed E-state index contributed by atoms with van der Waals surface area (Å²) in [6.07, 6.45) is 3.81. The smallest absolute Gasteiger partial charge is 0.278 e. The number of carbonyl (C=O) groups is 1. The topological polar surface area (TPSA) is 90.1 Å². The van der Waals surface area contributed by atoms with E-state index in [-0.39, 0.29) is 17.4 Å². The van der Waals surface area contributed by atoms with Crippen LogP contribution in [-0.2, 0) is 6.42 Å². The van der Waals surface area contributed by atoms with E-state index in [1.165, 1.54) is 18.0 Å². The van der Waals surface area contributed by atoms with Crippen molar-refractivity contribution in [2.45, 2.75) is 6.42 Å². The van der Waals surface area contributed by atoms with Crippen LogP contribution in [0.15, 0.2) is 54.9 Å². The molecule has 0 bridgehead atoms. The molecular formula is C19H16N4O2. The summed E-state index contributed by atoms with van der Waals surface area (Å²) in [5.41, 5.74) is 9.79. The maximum atomic E-state index is 12.3. The Morgan fingerprint density at radius 1 is 1.08 bits per heavy atom. The van der Waals surface area contributed by atoms with Gasteiger partial charge in [-0.15, -0.1) is 0 Å². The van der Waals surface area contributed by atoms with Crippen LogP contribution >= 0.6 is 0 Å². The largest absolute Gasteiger partial charge is 0.493 e. The van der Waals surface area contributed by atoms with Crippen LogP contribution in [0.1, 0.15) is 16.1 Å². The molecule has 2 aromatic carbocycles. The average Bonchev–Trinajstić information content (AvgIpc) is 3.10. The Kier molecular flexibility index (Phi) is 3.78. The molecule has 0 saturated carbocycles. The Morgan fingerprint density at radius 3 is 2.80 bits per heavy atom. The van der Waals surface area contributed by atoms with Gasteiger partial charge in [-0.25, -0.2) is 9.97 Å². The first kappa shape index (κ1) is 15.1. The molecule has 1 amide bonds. The fourth-order valence-corrected chi connectivity index (χ4v) is 2.86. The van der Waals surface area contributed by atoms with Gasteiger partial charge in [-0.05, 0) is 41.0 Å². The highest BCUT2D eigenvalue weighted by Gasteiger charge is 2.14. The lowest BCUT2D eigenvalue weighted by atomic mass is 10.0. The van der Waals surface area contributed by atoms with Crippen molar-refractivity contribution in [1.29, 1.82) is 0 Å². The Labute approximate surface area is 144 Å². The lowest BCUT2D eigenvalue weighted by Crippen LogP contribution is -2.16. The number of nitrogens with zero attached hydrogens (tertiary/aromatic N) is 2. The first-order chi connectivity index (χ1) is 12.2. The van der Waals surface area contributed by atoms with Gasteiger partial charge in [-0.2, -0.15) is 0 Å². The van der Waals surface area contributed by atoms with Crippen molar-refractivity contribution in [3.05, 3.63) is 66.1 Å². The number of ether oxygens (including phenoxy) is 1. The zero-order valence-corrected chi connectivity index (χ0v) is 13.4. The predicted octanol–water partition coefficient (Wildman–Crippen LogP) is 2.91. The molecule has 0 spiro atoms. The molecule has 0 radical (unpaired) electrons. The fourth-order valence-electron chi connectivity index (χ4n) is 2.86. The second-order valence-electron chi connectivity index (χ2n) is 5.75. The molecule has 4 rings (SSSR count). The van der Waals surface area contributed by atoms with Gasteiger partial charge < -0.3 is 15.8 Å². The van der Waals surface area contributed by atoms with E-state index in [0.717, 1.165) is 29.9 Å². The van der Waals surface area contributed by atoms with Gasteiger partial charge in [0.2, 0.25) is 0 Å². The number of aromatic nitrogens is 2. The van der Waals surface area contributed by atoms with Crippen molar-refractivity contribution in [1.82, 2.24) is 9.97 Å². The molecule has 0 unspecified atom stereocenters. The summed E-state index contributed by atoms with van der Waals surface area (Å²) in [5.74, 6) is 0.672. The third kappa shape index (κ3) is 3.01. The van der Waals surface area contributed by atoms with E-state index in [2.05, 4.69) is 21.4 Å². The number of carbonyl (C=O) groups excluding carboxylic acids is 1. The van der Waals surface area contributed by atoms with Crippen LogP contribution in [0.2, 0.25) is 0 Å². The standard InChI is InChI=1S/C19H16N4O2/c20-18-17(21-7-8-22-18)19(24)23-15-3-1-2-12(11-15)13-4-5-16-14(10-13)6-9-25-16/h1-5,7-8,10-11H,6,9H2,(H2,20,22)(H,23,24). The monoisotopic (exact) mass is 332 g/mol. The number of rotatable bonds is 3. The maximum Gasteiger partial charge on any atom is 0.278 e. The van der Waals surface area contributed by atoms with Crippen LogP contribution in [0.4, 0.5) is 11.5 Å². The molecule has 0 saturated heterocycles. The summed E-state index contributed by atoms with van der Waals surface area (Å²) in [4.78, 5) is 20.2. The fraction of sp³-hybridized carbons (Fsp3) is 0.105. The Hall–Kier alpha value is -3.41. The van der Waals surface area contributed by atoms with Gasteiger partial charge in [0.05, 0.1) is 6.61 Å². The van der Waals surface area contributed by atoms with Crippen molar-refractivity contribution in [3.8, 4) is 16.9 Å². The van der Waals surface area contributed by atoms with Gasteiger partial charge >= 0.3 is 0 Å². The third-order valence-corrected chi connectivity index (χ3v) is 4.08. The highest BCUT2D eigenvalue weighted by atomic mass is 16.5. The first-order valence-electron chi connectivity index (χ1n) is 7.95. The predicted molar refractivity (Wildman–Crippen MR) is 95.5 cm³/mol. The molecule has 1 aromatic heterocycles. The van der Waals surface area contributed by atoms with E-state index in [1.54, 1.807) is 0 Å². The molecule has 1 aliphatic rings. The number of benzene rings is 2. The molecule has 25 heavy (non-hydrogen) atoms. The number of nitrogens with two attached hydrogens (primary N) is 1. The van der Waals surface area contributed by atoms with Gasteiger partial charge in [0.15, 0.2) is 11.5 Å². The van der Waals surface area contributed by atoms with Crippen molar-refractivity contribution in [3.63, 3.8) is 0 Å². The molecule has 0 fully saturated rings. The molecule has 124 valence electrons. The average molecular weight is 332 g/mol.